The molecule has 1 aliphatic rings. The summed E-state index contributed by atoms with van der Waals surface area (Å²) in [6, 6.07) is 14.3. The summed E-state index contributed by atoms with van der Waals surface area (Å²) >= 11 is 6.12. The Hall–Kier alpha value is -2.24. The maximum absolute atomic E-state index is 12.5. The van der Waals surface area contributed by atoms with Crippen LogP contribution < -0.4 is 5.73 Å². The molecule has 1 heterocycles. The van der Waals surface area contributed by atoms with Crippen molar-refractivity contribution in [3.63, 3.8) is 0 Å². The van der Waals surface area contributed by atoms with Gasteiger partial charge in [-0.25, -0.2) is 0 Å². The molecule has 26 heavy (non-hydrogen) atoms. The lowest BCUT2D eigenvalue weighted by Crippen LogP contribution is -2.51. The van der Waals surface area contributed by atoms with Gasteiger partial charge in [0, 0.05) is 42.5 Å². The van der Waals surface area contributed by atoms with Crippen LogP contribution in [0.2, 0.25) is 5.02 Å². The number of benzene rings is 2. The quantitative estimate of drug-likeness (QED) is 0.815. The second-order valence-electron chi connectivity index (χ2n) is 6.07. The highest BCUT2D eigenvalue weighted by molar-refractivity contribution is 6.31. The predicted molar refractivity (Wildman–Crippen MR) is 106 cm³/mol. The second kappa shape index (κ2) is 8.92. The third-order valence-corrected chi connectivity index (χ3v) is 4.72. The molecular formula is C19H21Cl2N3O2. The highest BCUT2D eigenvalue weighted by Gasteiger charge is 2.25. The maximum Gasteiger partial charge on any atom is 0.254 e. The third kappa shape index (κ3) is 4.68. The highest BCUT2D eigenvalue weighted by atomic mass is 35.5. The lowest BCUT2D eigenvalue weighted by Gasteiger charge is -2.35. The van der Waals surface area contributed by atoms with Crippen molar-refractivity contribution in [3.05, 3.63) is 64.7 Å². The van der Waals surface area contributed by atoms with Gasteiger partial charge in [0.15, 0.2) is 0 Å². The zero-order chi connectivity index (χ0) is 17.8. The number of nitrogen functional groups attached to an aromatic ring is 1. The highest BCUT2D eigenvalue weighted by Crippen LogP contribution is 2.17. The van der Waals surface area contributed by atoms with Crippen LogP contribution in [0.1, 0.15) is 15.9 Å². The van der Waals surface area contributed by atoms with Crippen molar-refractivity contribution in [2.24, 2.45) is 0 Å². The summed E-state index contributed by atoms with van der Waals surface area (Å²) in [5, 5.41) is 0.603. The number of amides is 2. The number of nitrogens with zero attached hydrogens (tertiary/aromatic N) is 2. The molecule has 0 bridgehead atoms. The number of rotatable bonds is 3. The summed E-state index contributed by atoms with van der Waals surface area (Å²) in [5.41, 5.74) is 7.71. The van der Waals surface area contributed by atoms with Crippen LogP contribution in [0, 0.1) is 0 Å². The Labute approximate surface area is 164 Å². The first-order chi connectivity index (χ1) is 12.0. The van der Waals surface area contributed by atoms with Gasteiger partial charge >= 0.3 is 0 Å². The average molecular weight is 394 g/mol. The summed E-state index contributed by atoms with van der Waals surface area (Å²) in [6.45, 7) is 2.08. The molecule has 7 heteroatoms. The molecule has 0 spiro atoms. The smallest absolute Gasteiger partial charge is 0.254 e. The number of hydrogen-bond acceptors (Lipinski definition) is 3. The van der Waals surface area contributed by atoms with Crippen molar-refractivity contribution in [2.45, 2.75) is 6.42 Å². The van der Waals surface area contributed by atoms with Crippen molar-refractivity contribution < 1.29 is 9.59 Å². The molecule has 0 aliphatic carbocycles. The largest absolute Gasteiger partial charge is 0.399 e. The van der Waals surface area contributed by atoms with E-state index in [2.05, 4.69) is 0 Å². The fourth-order valence-electron chi connectivity index (χ4n) is 2.93. The second-order valence-corrected chi connectivity index (χ2v) is 6.47. The van der Waals surface area contributed by atoms with E-state index >= 15 is 0 Å². The minimum Gasteiger partial charge on any atom is -0.399 e. The summed E-state index contributed by atoms with van der Waals surface area (Å²) in [6.07, 6.45) is 0.281. The number of halogens is 2. The molecule has 2 amide bonds. The maximum atomic E-state index is 12.5. The van der Waals surface area contributed by atoms with Gasteiger partial charge in [-0.05, 0) is 29.8 Å². The number of hydrogen-bond donors (Lipinski definition) is 1. The Bertz CT molecular complexity index is 790. The van der Waals surface area contributed by atoms with Crippen molar-refractivity contribution in [2.75, 3.05) is 31.9 Å². The molecule has 1 fully saturated rings. The lowest BCUT2D eigenvalue weighted by atomic mass is 10.1. The normalized spacial score (nSPS) is 13.9. The first kappa shape index (κ1) is 20.1. The minimum atomic E-state index is -0.0505. The van der Waals surface area contributed by atoms with E-state index < -0.39 is 0 Å². The van der Waals surface area contributed by atoms with E-state index in [9.17, 15) is 9.59 Å². The van der Waals surface area contributed by atoms with Crippen molar-refractivity contribution in [3.8, 4) is 0 Å². The topological polar surface area (TPSA) is 66.6 Å². The molecule has 3 rings (SSSR count). The van der Waals surface area contributed by atoms with E-state index in [1.807, 2.05) is 18.2 Å². The van der Waals surface area contributed by atoms with Crippen LogP contribution in [0.25, 0.3) is 0 Å². The summed E-state index contributed by atoms with van der Waals surface area (Å²) in [5.74, 6) is -0.0188. The molecule has 2 aromatic carbocycles. The minimum absolute atomic E-state index is 0. The Morgan fingerprint density at radius 1 is 0.962 bits per heavy atom. The molecule has 2 aromatic rings. The van der Waals surface area contributed by atoms with Crippen LogP contribution in [-0.2, 0) is 11.2 Å². The van der Waals surface area contributed by atoms with E-state index in [1.165, 1.54) is 0 Å². The van der Waals surface area contributed by atoms with Gasteiger partial charge in [0.25, 0.3) is 5.91 Å². The molecule has 5 nitrogen and oxygen atoms in total. The monoisotopic (exact) mass is 393 g/mol. The van der Waals surface area contributed by atoms with Crippen molar-refractivity contribution in [1.29, 1.82) is 0 Å². The van der Waals surface area contributed by atoms with Gasteiger partial charge in [-0.1, -0.05) is 35.9 Å². The number of carbonyl (C=O) groups excluding carboxylic acids is 2. The van der Waals surface area contributed by atoms with Crippen molar-refractivity contribution >= 4 is 41.5 Å². The van der Waals surface area contributed by atoms with Gasteiger partial charge in [0.1, 0.15) is 0 Å². The van der Waals surface area contributed by atoms with Crippen LogP contribution >= 0.6 is 24.0 Å². The molecule has 0 radical (unpaired) electrons. The van der Waals surface area contributed by atoms with E-state index in [0.29, 0.717) is 42.5 Å². The number of anilines is 1. The SMILES string of the molecule is Cl.Nc1cccc(C(=O)N2CCN(C(=O)Cc3ccccc3Cl)CC2)c1. The predicted octanol–water partition coefficient (Wildman–Crippen LogP) is 2.87. The summed E-state index contributed by atoms with van der Waals surface area (Å²) < 4.78 is 0. The van der Waals surface area contributed by atoms with Crippen LogP contribution in [0.15, 0.2) is 48.5 Å². The molecule has 0 atom stereocenters. The van der Waals surface area contributed by atoms with Crippen LogP contribution in [0.5, 0.6) is 0 Å². The summed E-state index contributed by atoms with van der Waals surface area (Å²) in [7, 11) is 0. The molecule has 1 aliphatic heterocycles. The zero-order valence-electron chi connectivity index (χ0n) is 14.2. The number of carbonyl (C=O) groups is 2. The fraction of sp³-hybridized carbons (Fsp3) is 0.263. The molecule has 0 saturated carbocycles. The van der Waals surface area contributed by atoms with Gasteiger partial charge in [0.2, 0.25) is 5.91 Å². The van der Waals surface area contributed by atoms with Gasteiger partial charge in [-0.15, -0.1) is 12.4 Å². The Balaban J connectivity index is 0.00000243. The standard InChI is InChI=1S/C19H20ClN3O2.ClH/c20-17-7-2-1-4-14(17)13-18(24)22-8-10-23(11-9-22)19(25)15-5-3-6-16(21)12-15;/h1-7,12H,8-11,13,21H2;1H. The first-order valence-corrected chi connectivity index (χ1v) is 8.58. The molecule has 2 N–H and O–H groups in total. The third-order valence-electron chi connectivity index (χ3n) is 4.35. The van der Waals surface area contributed by atoms with Crippen molar-refractivity contribution in [1.82, 2.24) is 9.80 Å². The van der Waals surface area contributed by atoms with Crippen LogP contribution in [0.4, 0.5) is 5.69 Å². The van der Waals surface area contributed by atoms with Gasteiger partial charge < -0.3 is 15.5 Å². The Morgan fingerprint density at radius 3 is 2.27 bits per heavy atom. The Kier molecular flexibility index (Phi) is 6.89. The van der Waals surface area contributed by atoms with Gasteiger partial charge in [-0.3, -0.25) is 9.59 Å². The van der Waals surface area contributed by atoms with Crippen LogP contribution in [-0.4, -0.2) is 47.8 Å². The molecular weight excluding hydrogens is 373 g/mol. The first-order valence-electron chi connectivity index (χ1n) is 8.20. The molecule has 0 aromatic heterocycles. The number of nitrogens with two attached hydrogens (primary N) is 1. The van der Waals surface area contributed by atoms with E-state index in [4.69, 9.17) is 17.3 Å². The zero-order valence-corrected chi connectivity index (χ0v) is 15.8. The molecule has 1 saturated heterocycles. The average Bonchev–Trinajstić information content (AvgIpc) is 2.63. The van der Waals surface area contributed by atoms with E-state index in [1.54, 1.807) is 40.1 Å². The summed E-state index contributed by atoms with van der Waals surface area (Å²) in [4.78, 5) is 28.5. The Morgan fingerprint density at radius 2 is 1.62 bits per heavy atom. The molecule has 0 unspecified atom stereocenters. The molecule has 138 valence electrons. The van der Waals surface area contributed by atoms with E-state index in [0.717, 1.165) is 5.56 Å². The van der Waals surface area contributed by atoms with Gasteiger partial charge in [0.05, 0.1) is 6.42 Å². The fourth-order valence-corrected chi connectivity index (χ4v) is 3.13. The van der Waals surface area contributed by atoms with Gasteiger partial charge in [-0.2, -0.15) is 0 Å². The number of piperazine rings is 1. The lowest BCUT2D eigenvalue weighted by molar-refractivity contribution is -0.131. The van der Waals surface area contributed by atoms with Crippen LogP contribution in [0.3, 0.4) is 0 Å². The van der Waals surface area contributed by atoms with E-state index in [-0.39, 0.29) is 30.6 Å².